The molecule has 0 atom stereocenters. The van der Waals surface area contributed by atoms with Gasteiger partial charge in [-0.1, -0.05) is 35.8 Å². The highest BCUT2D eigenvalue weighted by Gasteiger charge is 2.22. The Morgan fingerprint density at radius 1 is 1.19 bits per heavy atom. The molecule has 2 aromatic heterocycles. The summed E-state index contributed by atoms with van der Waals surface area (Å²) in [6.45, 7) is 0. The van der Waals surface area contributed by atoms with Crippen molar-refractivity contribution in [2.75, 3.05) is 14.1 Å². The maximum absolute atomic E-state index is 12.2. The molecule has 1 aliphatic rings. The maximum atomic E-state index is 12.2. The van der Waals surface area contributed by atoms with Crippen LogP contribution in [0.2, 0.25) is 0 Å². The van der Waals surface area contributed by atoms with Gasteiger partial charge in [0, 0.05) is 43.5 Å². The second-order valence-corrected chi connectivity index (χ2v) is 10.5. The van der Waals surface area contributed by atoms with Gasteiger partial charge in [0.25, 0.3) is 5.91 Å². The number of nitrogens with one attached hydrogen (secondary N) is 1. The molecule has 1 fully saturated rings. The van der Waals surface area contributed by atoms with Gasteiger partial charge in [0.2, 0.25) is 10.0 Å². The third kappa shape index (κ3) is 4.40. The molecule has 0 bridgehead atoms. The smallest absolute Gasteiger partial charge is 0.263 e. The Morgan fingerprint density at radius 3 is 2.58 bits per heavy atom. The number of thioether (sulfide) groups is 1. The van der Waals surface area contributed by atoms with E-state index in [4.69, 9.17) is 16.6 Å². The van der Waals surface area contributed by atoms with Gasteiger partial charge in [-0.25, -0.2) is 12.7 Å². The average Bonchev–Trinajstić information content (AvgIpc) is 3.28. The molecule has 3 aromatic rings. The summed E-state index contributed by atoms with van der Waals surface area (Å²) in [5.41, 5.74) is 1.77. The van der Waals surface area contributed by atoms with Crippen molar-refractivity contribution < 1.29 is 17.6 Å². The summed E-state index contributed by atoms with van der Waals surface area (Å²) in [5.74, 6) is 6.25. The van der Waals surface area contributed by atoms with Gasteiger partial charge in [0.1, 0.15) is 10.1 Å². The van der Waals surface area contributed by atoms with E-state index in [9.17, 15) is 13.2 Å². The van der Waals surface area contributed by atoms with E-state index in [1.165, 1.54) is 38.0 Å². The summed E-state index contributed by atoms with van der Waals surface area (Å²) in [4.78, 5) is 16.7. The molecular formula is C21H15N3O4S3. The molecule has 0 spiro atoms. The van der Waals surface area contributed by atoms with Crippen LogP contribution in [-0.2, 0) is 14.8 Å². The van der Waals surface area contributed by atoms with Crippen molar-refractivity contribution in [2.45, 2.75) is 4.90 Å². The van der Waals surface area contributed by atoms with Gasteiger partial charge in [-0.05, 0) is 30.3 Å². The lowest BCUT2D eigenvalue weighted by Gasteiger charge is -2.10. The van der Waals surface area contributed by atoms with Crippen molar-refractivity contribution in [3.63, 3.8) is 0 Å². The van der Waals surface area contributed by atoms with Crippen molar-refractivity contribution in [3.05, 3.63) is 64.5 Å². The minimum Gasteiger partial charge on any atom is -0.455 e. The van der Waals surface area contributed by atoms with Crippen LogP contribution in [0.5, 0.6) is 0 Å². The standard InChI is InChI=1S/C21H15N3O4S3/c1-24(2)31(26,27)17-7-4-13(5-8-17)3-6-14-11-22-12-15-9-16(28-19(14)15)10-18-20(25)23-21(29)30-18/h4-5,7-12H,1-2H3,(H,23,25,29)/b18-10-. The summed E-state index contributed by atoms with van der Waals surface area (Å²) in [7, 11) is -0.523. The number of hydrogen-bond acceptors (Lipinski definition) is 7. The van der Waals surface area contributed by atoms with Crippen LogP contribution >= 0.6 is 24.0 Å². The van der Waals surface area contributed by atoms with Crippen LogP contribution in [0.4, 0.5) is 0 Å². The number of sulfonamides is 1. The van der Waals surface area contributed by atoms with E-state index in [1.54, 1.807) is 36.7 Å². The summed E-state index contributed by atoms with van der Waals surface area (Å²) in [5, 5.41) is 3.31. The lowest BCUT2D eigenvalue weighted by atomic mass is 10.2. The zero-order valence-electron chi connectivity index (χ0n) is 16.4. The van der Waals surface area contributed by atoms with Gasteiger partial charge in [-0.2, -0.15) is 0 Å². The van der Waals surface area contributed by atoms with Crippen molar-refractivity contribution >= 4 is 61.3 Å². The number of amides is 1. The molecule has 7 nitrogen and oxygen atoms in total. The van der Waals surface area contributed by atoms with Gasteiger partial charge in [0.15, 0.2) is 5.58 Å². The van der Waals surface area contributed by atoms with E-state index < -0.39 is 10.0 Å². The Bertz CT molecular complexity index is 1410. The quantitative estimate of drug-likeness (QED) is 0.358. The van der Waals surface area contributed by atoms with E-state index >= 15 is 0 Å². The number of carbonyl (C=O) groups is 1. The number of fused-ring (bicyclic) bond motifs is 1. The lowest BCUT2D eigenvalue weighted by Crippen LogP contribution is -2.22. The predicted molar refractivity (Wildman–Crippen MR) is 124 cm³/mol. The predicted octanol–water partition coefficient (Wildman–Crippen LogP) is 2.97. The Hall–Kier alpha value is -2.97. The first-order chi connectivity index (χ1) is 14.7. The normalized spacial score (nSPS) is 15.4. The van der Waals surface area contributed by atoms with Gasteiger partial charge in [-0.3, -0.25) is 9.78 Å². The molecule has 10 heteroatoms. The van der Waals surface area contributed by atoms with Crippen molar-refractivity contribution in [1.29, 1.82) is 0 Å². The Balaban J connectivity index is 1.64. The highest BCUT2D eigenvalue weighted by atomic mass is 32.2. The fourth-order valence-electron chi connectivity index (χ4n) is 2.75. The number of thiocarbonyl (C=S) groups is 1. The maximum Gasteiger partial charge on any atom is 0.263 e. The fourth-order valence-corrected chi connectivity index (χ4v) is 4.68. The number of hydrogen-bond donors (Lipinski definition) is 1. The molecule has 1 amide bonds. The van der Waals surface area contributed by atoms with Crippen LogP contribution in [0, 0.1) is 11.8 Å². The van der Waals surface area contributed by atoms with Crippen molar-refractivity contribution in [2.24, 2.45) is 0 Å². The molecule has 0 unspecified atom stereocenters. The SMILES string of the molecule is CN(C)S(=O)(=O)c1ccc(C#Cc2cncc3cc(/C=C4\SC(=S)NC4=O)oc23)cc1. The second kappa shape index (κ2) is 8.28. The lowest BCUT2D eigenvalue weighted by molar-refractivity contribution is -0.115. The highest BCUT2D eigenvalue weighted by Crippen LogP contribution is 2.29. The largest absolute Gasteiger partial charge is 0.455 e. The molecule has 4 rings (SSSR count). The summed E-state index contributed by atoms with van der Waals surface area (Å²) in [6.07, 6.45) is 4.87. The third-order valence-corrected chi connectivity index (χ3v) is 7.32. The van der Waals surface area contributed by atoms with Crippen LogP contribution < -0.4 is 5.32 Å². The minimum atomic E-state index is -3.49. The molecule has 156 valence electrons. The van der Waals surface area contributed by atoms with Crippen LogP contribution in [0.15, 0.2) is 56.9 Å². The van der Waals surface area contributed by atoms with E-state index in [0.29, 0.717) is 31.7 Å². The van der Waals surface area contributed by atoms with Crippen molar-refractivity contribution in [1.82, 2.24) is 14.6 Å². The van der Waals surface area contributed by atoms with Crippen molar-refractivity contribution in [3.8, 4) is 11.8 Å². The van der Waals surface area contributed by atoms with Gasteiger partial charge in [0.05, 0.1) is 15.4 Å². The number of carbonyl (C=O) groups excluding carboxylic acids is 1. The first-order valence-electron chi connectivity index (χ1n) is 8.91. The van der Waals surface area contributed by atoms with E-state index in [1.807, 2.05) is 0 Å². The second-order valence-electron chi connectivity index (χ2n) is 6.67. The van der Waals surface area contributed by atoms with Gasteiger partial charge in [-0.15, -0.1) is 0 Å². The first-order valence-corrected chi connectivity index (χ1v) is 11.6. The van der Waals surface area contributed by atoms with Crippen LogP contribution in [0.25, 0.3) is 17.0 Å². The number of nitrogens with zero attached hydrogens (tertiary/aromatic N) is 2. The Kier molecular flexibility index (Phi) is 5.68. The third-order valence-electron chi connectivity index (χ3n) is 4.33. The fraction of sp³-hybridized carbons (Fsp3) is 0.0952. The molecule has 1 aromatic carbocycles. The van der Waals surface area contributed by atoms with Gasteiger partial charge < -0.3 is 9.73 Å². The van der Waals surface area contributed by atoms with E-state index in [0.717, 1.165) is 9.69 Å². The molecular weight excluding hydrogens is 454 g/mol. The monoisotopic (exact) mass is 469 g/mol. The molecule has 0 aliphatic carbocycles. The number of aromatic nitrogens is 1. The van der Waals surface area contributed by atoms with Gasteiger partial charge >= 0.3 is 0 Å². The molecule has 1 saturated heterocycles. The zero-order chi connectivity index (χ0) is 22.2. The molecule has 1 aliphatic heterocycles. The minimum absolute atomic E-state index is 0.198. The molecule has 31 heavy (non-hydrogen) atoms. The number of rotatable bonds is 3. The molecule has 3 heterocycles. The number of furan rings is 1. The highest BCUT2D eigenvalue weighted by molar-refractivity contribution is 8.26. The summed E-state index contributed by atoms with van der Waals surface area (Å²) >= 11 is 6.17. The van der Waals surface area contributed by atoms with Crippen LogP contribution in [0.1, 0.15) is 16.9 Å². The van der Waals surface area contributed by atoms with Crippen LogP contribution in [0.3, 0.4) is 0 Å². The van der Waals surface area contributed by atoms with E-state index in [2.05, 4.69) is 22.1 Å². The summed E-state index contributed by atoms with van der Waals surface area (Å²) in [6, 6.07) is 8.10. The Labute approximate surface area is 188 Å². The first kappa shape index (κ1) is 21.3. The topological polar surface area (TPSA) is 92.5 Å². The number of benzene rings is 1. The van der Waals surface area contributed by atoms with E-state index in [-0.39, 0.29) is 10.8 Å². The molecule has 1 N–H and O–H groups in total. The Morgan fingerprint density at radius 2 is 1.94 bits per heavy atom. The summed E-state index contributed by atoms with van der Waals surface area (Å²) < 4.78 is 31.8. The van der Waals surface area contributed by atoms with Crippen LogP contribution in [-0.4, -0.2) is 42.0 Å². The molecule has 0 saturated carbocycles. The number of pyridine rings is 1. The zero-order valence-corrected chi connectivity index (χ0v) is 18.8. The molecule has 0 radical (unpaired) electrons. The average molecular weight is 470 g/mol.